The molecule has 26 heavy (non-hydrogen) atoms. The fraction of sp³-hybridized carbons (Fsp3) is 0.222. The number of benzene rings is 2. The Morgan fingerprint density at radius 2 is 1.77 bits per heavy atom. The van der Waals surface area contributed by atoms with E-state index in [2.05, 4.69) is 13.8 Å². The van der Waals surface area contributed by atoms with E-state index in [1.54, 1.807) is 0 Å². The van der Waals surface area contributed by atoms with Gasteiger partial charge in [0.2, 0.25) is 0 Å². The van der Waals surface area contributed by atoms with Crippen molar-refractivity contribution < 1.29 is 52.1 Å². The molecule has 2 aromatic carbocycles. The van der Waals surface area contributed by atoms with Crippen LogP contribution < -0.4 is 34.5 Å². The van der Waals surface area contributed by atoms with Gasteiger partial charge in [-0.1, -0.05) is 38.1 Å². The minimum Gasteiger partial charge on any atom is -0.744 e. The molecule has 0 spiro atoms. The van der Waals surface area contributed by atoms with E-state index in [1.165, 1.54) is 11.0 Å². The van der Waals surface area contributed by atoms with Gasteiger partial charge >= 0.3 is 29.6 Å². The van der Waals surface area contributed by atoms with Crippen molar-refractivity contribution >= 4 is 27.5 Å². The molecule has 0 radical (unpaired) electrons. The standard InChI is InChI=1S/C18H17NO5S.Na/c1-11(2)13-5-3-4-12(8-13)10-19-16-7-6-14(25(22,23)24)9-15(16)17(20)18(19)21;/h3-9,11H,10H2,1-2H3,(H,22,23,24);/q;+1/p-1. The summed E-state index contributed by atoms with van der Waals surface area (Å²) in [6, 6.07) is 11.1. The molecule has 130 valence electrons. The first-order valence-corrected chi connectivity index (χ1v) is 9.14. The Labute approximate surface area is 174 Å². The van der Waals surface area contributed by atoms with Crippen LogP contribution in [0.3, 0.4) is 0 Å². The van der Waals surface area contributed by atoms with Crippen LogP contribution in [-0.4, -0.2) is 24.7 Å². The maximum atomic E-state index is 12.3. The van der Waals surface area contributed by atoms with Gasteiger partial charge in [-0.2, -0.15) is 0 Å². The van der Waals surface area contributed by atoms with E-state index in [0.717, 1.165) is 23.3 Å². The molecular weight excluding hydrogens is 365 g/mol. The van der Waals surface area contributed by atoms with Gasteiger partial charge in [-0.15, -0.1) is 0 Å². The molecule has 0 atom stereocenters. The monoisotopic (exact) mass is 381 g/mol. The summed E-state index contributed by atoms with van der Waals surface area (Å²) in [6.45, 7) is 4.31. The average Bonchev–Trinajstić information content (AvgIpc) is 2.79. The maximum Gasteiger partial charge on any atom is 1.00 e. The third-order valence-electron chi connectivity index (χ3n) is 4.19. The van der Waals surface area contributed by atoms with Crippen LogP contribution in [0.2, 0.25) is 0 Å². The van der Waals surface area contributed by atoms with Crippen LogP contribution in [0.4, 0.5) is 5.69 Å². The molecule has 0 unspecified atom stereocenters. The first kappa shape index (κ1) is 20.8. The number of anilines is 1. The van der Waals surface area contributed by atoms with Crippen LogP contribution in [0.25, 0.3) is 0 Å². The van der Waals surface area contributed by atoms with Gasteiger partial charge in [0, 0.05) is 0 Å². The Kier molecular flexibility index (Phi) is 6.09. The number of hydrogen-bond acceptors (Lipinski definition) is 5. The van der Waals surface area contributed by atoms with Crippen molar-refractivity contribution in [2.24, 2.45) is 0 Å². The van der Waals surface area contributed by atoms with Crippen LogP contribution in [0.5, 0.6) is 0 Å². The number of rotatable bonds is 4. The fourth-order valence-corrected chi connectivity index (χ4v) is 3.32. The van der Waals surface area contributed by atoms with Gasteiger partial charge in [-0.3, -0.25) is 9.59 Å². The van der Waals surface area contributed by atoms with E-state index in [-0.39, 0.29) is 41.7 Å². The molecule has 1 aliphatic rings. The smallest absolute Gasteiger partial charge is 0.744 e. The molecule has 0 aliphatic carbocycles. The molecule has 0 aromatic heterocycles. The number of carbonyl (C=O) groups excluding carboxylic acids is 2. The minimum atomic E-state index is -4.69. The molecule has 1 aliphatic heterocycles. The van der Waals surface area contributed by atoms with E-state index in [1.807, 2.05) is 24.3 Å². The third-order valence-corrected chi connectivity index (χ3v) is 5.02. The predicted molar refractivity (Wildman–Crippen MR) is 90.5 cm³/mol. The summed E-state index contributed by atoms with van der Waals surface area (Å²) in [4.78, 5) is 25.2. The Bertz CT molecular complexity index is 985. The normalized spacial score (nSPS) is 13.8. The van der Waals surface area contributed by atoms with Crippen molar-refractivity contribution in [1.29, 1.82) is 0 Å². The van der Waals surface area contributed by atoms with Crippen molar-refractivity contribution in [2.45, 2.75) is 31.2 Å². The fourth-order valence-electron chi connectivity index (χ4n) is 2.83. The van der Waals surface area contributed by atoms with Crippen molar-refractivity contribution in [3.63, 3.8) is 0 Å². The van der Waals surface area contributed by atoms with E-state index >= 15 is 0 Å². The van der Waals surface area contributed by atoms with Crippen molar-refractivity contribution in [1.82, 2.24) is 0 Å². The summed E-state index contributed by atoms with van der Waals surface area (Å²) in [7, 11) is -4.69. The molecule has 1 heterocycles. The van der Waals surface area contributed by atoms with Crippen molar-refractivity contribution in [3.05, 3.63) is 59.2 Å². The zero-order chi connectivity index (χ0) is 18.4. The van der Waals surface area contributed by atoms with Crippen LogP contribution in [0.15, 0.2) is 47.4 Å². The summed E-state index contributed by atoms with van der Waals surface area (Å²) in [5.41, 5.74) is 2.24. The summed E-state index contributed by atoms with van der Waals surface area (Å²) in [5.74, 6) is -1.21. The minimum absolute atomic E-state index is 0. The second-order valence-electron chi connectivity index (χ2n) is 6.25. The number of Topliss-reactive ketones (excluding diaryl/α,β-unsaturated/α-hetero) is 1. The number of amides is 1. The second kappa shape index (κ2) is 7.62. The topological polar surface area (TPSA) is 94.6 Å². The maximum absolute atomic E-state index is 12.3. The van der Waals surface area contributed by atoms with Gasteiger partial charge in [0.05, 0.1) is 22.7 Å². The zero-order valence-corrected chi connectivity index (χ0v) is 17.5. The Balaban J connectivity index is 0.00000243. The van der Waals surface area contributed by atoms with Gasteiger partial charge < -0.3 is 9.45 Å². The first-order valence-electron chi connectivity index (χ1n) is 7.73. The van der Waals surface area contributed by atoms with Crippen LogP contribution in [-0.2, 0) is 21.5 Å². The largest absolute Gasteiger partial charge is 1.00 e. The van der Waals surface area contributed by atoms with Gasteiger partial charge in [0.25, 0.3) is 11.7 Å². The van der Waals surface area contributed by atoms with Crippen LogP contribution >= 0.6 is 0 Å². The molecular formula is C18H16NNaO5S. The Hall–Kier alpha value is -1.51. The quantitative estimate of drug-likeness (QED) is 0.402. The molecule has 0 saturated carbocycles. The van der Waals surface area contributed by atoms with E-state index in [4.69, 9.17) is 0 Å². The summed E-state index contributed by atoms with van der Waals surface area (Å²) >= 11 is 0. The average molecular weight is 381 g/mol. The molecule has 6 nitrogen and oxygen atoms in total. The number of hydrogen-bond donors (Lipinski definition) is 0. The summed E-state index contributed by atoms with van der Waals surface area (Å²) in [5, 5.41) is 0. The van der Waals surface area contributed by atoms with E-state index < -0.39 is 26.7 Å². The van der Waals surface area contributed by atoms with E-state index in [9.17, 15) is 22.6 Å². The number of carbonyl (C=O) groups is 2. The van der Waals surface area contributed by atoms with Crippen LogP contribution in [0.1, 0.15) is 41.3 Å². The molecule has 0 N–H and O–H groups in total. The Morgan fingerprint density at radius 3 is 2.38 bits per heavy atom. The van der Waals surface area contributed by atoms with Gasteiger partial charge in [-0.05, 0) is 35.2 Å². The third kappa shape index (κ3) is 3.92. The number of ketones is 1. The molecule has 8 heteroatoms. The molecule has 0 saturated heterocycles. The molecule has 0 bridgehead atoms. The molecule has 2 aromatic rings. The van der Waals surface area contributed by atoms with Crippen molar-refractivity contribution in [2.75, 3.05) is 4.90 Å². The molecule has 1 amide bonds. The first-order chi connectivity index (χ1) is 11.7. The number of nitrogens with zero attached hydrogens (tertiary/aromatic N) is 1. The van der Waals surface area contributed by atoms with Gasteiger partial charge in [0.15, 0.2) is 0 Å². The molecule has 3 rings (SSSR count). The van der Waals surface area contributed by atoms with E-state index in [0.29, 0.717) is 11.6 Å². The predicted octanol–water partition coefficient (Wildman–Crippen LogP) is -0.552. The summed E-state index contributed by atoms with van der Waals surface area (Å²) in [6.07, 6.45) is 0. The Morgan fingerprint density at radius 1 is 1.08 bits per heavy atom. The van der Waals surface area contributed by atoms with Crippen molar-refractivity contribution in [3.8, 4) is 0 Å². The number of fused-ring (bicyclic) bond motifs is 1. The van der Waals surface area contributed by atoms with Gasteiger partial charge in [0.1, 0.15) is 10.1 Å². The second-order valence-corrected chi connectivity index (χ2v) is 7.63. The zero-order valence-electron chi connectivity index (χ0n) is 14.7. The van der Waals surface area contributed by atoms with Gasteiger partial charge in [-0.25, -0.2) is 8.42 Å². The molecule has 0 fully saturated rings. The summed E-state index contributed by atoms with van der Waals surface area (Å²) < 4.78 is 33.4. The SMILES string of the molecule is CC(C)c1cccc(CN2C(=O)C(=O)c3cc(S(=O)(=O)[O-])ccc32)c1.[Na+]. The van der Waals surface area contributed by atoms with Crippen LogP contribution in [0, 0.1) is 0 Å².